The third-order valence-electron chi connectivity index (χ3n) is 5.09. The lowest BCUT2D eigenvalue weighted by molar-refractivity contribution is -0.137. The van der Waals surface area contributed by atoms with Crippen LogP contribution in [0.1, 0.15) is 64.8 Å². The van der Waals surface area contributed by atoms with E-state index in [0.717, 1.165) is 37.0 Å². The molecule has 2 aromatic rings. The number of furan rings is 1. The van der Waals surface area contributed by atoms with E-state index in [4.69, 9.17) is 9.15 Å². The van der Waals surface area contributed by atoms with Gasteiger partial charge in [0.1, 0.15) is 4.88 Å². The van der Waals surface area contributed by atoms with Crippen molar-refractivity contribution in [3.05, 3.63) is 40.7 Å². The largest absolute Gasteiger partial charge is 0.459 e. The second-order valence-corrected chi connectivity index (χ2v) is 8.15. The summed E-state index contributed by atoms with van der Waals surface area (Å²) in [5.74, 6) is -0.919. The second-order valence-electron chi connectivity index (χ2n) is 7.10. The first-order valence-corrected chi connectivity index (χ1v) is 10.7. The predicted octanol–water partition coefficient (Wildman–Crippen LogP) is 4.24. The summed E-state index contributed by atoms with van der Waals surface area (Å²) in [5, 5.41) is 3.21. The summed E-state index contributed by atoms with van der Waals surface area (Å²) in [6.07, 6.45) is 6.92. The molecule has 1 aliphatic rings. The van der Waals surface area contributed by atoms with Crippen molar-refractivity contribution >= 4 is 34.1 Å². The standard InChI is InChI=1S/C21H26N2O5S/c1-3-23(15-8-5-4-6-9-15)18(24)13-28-21(26)19-14(2)12-17(29-19)22-20(25)16-10-7-11-27-16/h7,10-12,15H,3-6,8-9,13H2,1-2H3,(H,22,25). The number of carbonyl (C=O) groups is 3. The molecule has 156 valence electrons. The van der Waals surface area contributed by atoms with E-state index in [1.165, 1.54) is 12.7 Å². The summed E-state index contributed by atoms with van der Waals surface area (Å²) in [6.45, 7) is 4.06. The van der Waals surface area contributed by atoms with Crippen LogP contribution < -0.4 is 5.32 Å². The zero-order valence-corrected chi connectivity index (χ0v) is 17.5. The molecule has 1 fully saturated rings. The van der Waals surface area contributed by atoms with Crippen LogP contribution in [0, 0.1) is 6.92 Å². The first-order valence-electron chi connectivity index (χ1n) is 9.91. The number of aryl methyl sites for hydroxylation is 1. The Kier molecular flexibility index (Phi) is 7.09. The summed E-state index contributed by atoms with van der Waals surface area (Å²) in [5.41, 5.74) is 0.682. The molecule has 1 saturated carbocycles. The summed E-state index contributed by atoms with van der Waals surface area (Å²) in [7, 11) is 0. The van der Waals surface area contributed by atoms with Gasteiger partial charge in [0.2, 0.25) is 0 Å². The summed E-state index contributed by atoms with van der Waals surface area (Å²) >= 11 is 1.11. The van der Waals surface area contributed by atoms with Gasteiger partial charge in [0.25, 0.3) is 11.8 Å². The van der Waals surface area contributed by atoms with E-state index in [1.54, 1.807) is 25.1 Å². The van der Waals surface area contributed by atoms with Crippen LogP contribution in [0.15, 0.2) is 28.9 Å². The number of nitrogens with zero attached hydrogens (tertiary/aromatic N) is 1. The molecule has 7 nitrogen and oxygen atoms in total. The first-order chi connectivity index (χ1) is 14.0. The fraction of sp³-hybridized carbons (Fsp3) is 0.476. The molecule has 0 saturated heterocycles. The van der Waals surface area contributed by atoms with Crippen LogP contribution >= 0.6 is 11.3 Å². The number of nitrogens with one attached hydrogen (secondary N) is 1. The fourth-order valence-corrected chi connectivity index (χ4v) is 4.60. The molecule has 2 aromatic heterocycles. The number of thiophene rings is 1. The van der Waals surface area contributed by atoms with E-state index in [9.17, 15) is 14.4 Å². The SMILES string of the molecule is CCN(C(=O)COC(=O)c1sc(NC(=O)c2ccco2)cc1C)C1CCCCC1. The van der Waals surface area contributed by atoms with E-state index in [-0.39, 0.29) is 24.3 Å². The molecular formula is C21H26N2O5S. The molecule has 2 heterocycles. The van der Waals surface area contributed by atoms with Crippen molar-refractivity contribution in [1.82, 2.24) is 4.90 Å². The molecular weight excluding hydrogens is 392 g/mol. The second kappa shape index (κ2) is 9.73. The summed E-state index contributed by atoms with van der Waals surface area (Å²) < 4.78 is 10.3. The number of esters is 1. The van der Waals surface area contributed by atoms with Gasteiger partial charge in [-0.3, -0.25) is 9.59 Å². The Bertz CT molecular complexity index is 853. The first kappa shape index (κ1) is 21.1. The van der Waals surface area contributed by atoms with E-state index in [2.05, 4.69) is 5.32 Å². The highest BCUT2D eigenvalue weighted by atomic mass is 32.1. The van der Waals surface area contributed by atoms with Crippen molar-refractivity contribution < 1.29 is 23.5 Å². The maximum atomic E-state index is 12.6. The fourth-order valence-electron chi connectivity index (χ4n) is 3.63. The Morgan fingerprint density at radius 1 is 1.28 bits per heavy atom. The van der Waals surface area contributed by atoms with Gasteiger partial charge in [0.15, 0.2) is 12.4 Å². The monoisotopic (exact) mass is 418 g/mol. The van der Waals surface area contributed by atoms with Gasteiger partial charge in [-0.2, -0.15) is 0 Å². The zero-order chi connectivity index (χ0) is 20.8. The van der Waals surface area contributed by atoms with Crippen LogP contribution in [-0.2, 0) is 9.53 Å². The lowest BCUT2D eigenvalue weighted by Crippen LogP contribution is -2.43. The average Bonchev–Trinajstić information content (AvgIpc) is 3.37. The number of rotatable bonds is 7. The van der Waals surface area contributed by atoms with Gasteiger partial charge in [-0.15, -0.1) is 11.3 Å². The number of ether oxygens (including phenoxy) is 1. The van der Waals surface area contributed by atoms with E-state index in [0.29, 0.717) is 22.0 Å². The predicted molar refractivity (Wildman–Crippen MR) is 110 cm³/mol. The number of hydrogen-bond donors (Lipinski definition) is 1. The average molecular weight is 419 g/mol. The smallest absolute Gasteiger partial charge is 0.349 e. The molecule has 0 aromatic carbocycles. The topological polar surface area (TPSA) is 88.9 Å². The molecule has 0 unspecified atom stereocenters. The van der Waals surface area contributed by atoms with Gasteiger partial charge >= 0.3 is 5.97 Å². The Morgan fingerprint density at radius 3 is 2.69 bits per heavy atom. The van der Waals surface area contributed by atoms with Crippen molar-refractivity contribution in [2.24, 2.45) is 0 Å². The van der Waals surface area contributed by atoms with E-state index in [1.807, 2.05) is 11.8 Å². The Hall–Kier alpha value is -2.61. The van der Waals surface area contributed by atoms with Crippen LogP contribution in [-0.4, -0.2) is 41.9 Å². The molecule has 0 atom stereocenters. The van der Waals surface area contributed by atoms with Crippen LogP contribution in [0.3, 0.4) is 0 Å². The zero-order valence-electron chi connectivity index (χ0n) is 16.7. The third-order valence-corrected chi connectivity index (χ3v) is 6.22. The van der Waals surface area contributed by atoms with Gasteiger partial charge in [-0.25, -0.2) is 4.79 Å². The Labute approximate surface area is 174 Å². The summed E-state index contributed by atoms with van der Waals surface area (Å²) in [4.78, 5) is 39.3. The third kappa shape index (κ3) is 5.26. The molecule has 0 spiro atoms. The molecule has 3 rings (SSSR count). The lowest BCUT2D eigenvalue weighted by Gasteiger charge is -2.33. The molecule has 8 heteroatoms. The van der Waals surface area contributed by atoms with Crippen LogP contribution in [0.5, 0.6) is 0 Å². The minimum absolute atomic E-state index is 0.159. The van der Waals surface area contributed by atoms with Crippen molar-refractivity contribution in [2.75, 3.05) is 18.5 Å². The van der Waals surface area contributed by atoms with E-state index >= 15 is 0 Å². The minimum Gasteiger partial charge on any atom is -0.459 e. The van der Waals surface area contributed by atoms with Crippen molar-refractivity contribution in [2.45, 2.75) is 52.0 Å². The molecule has 1 N–H and O–H groups in total. The molecule has 1 aliphatic carbocycles. The van der Waals surface area contributed by atoms with Crippen molar-refractivity contribution in [1.29, 1.82) is 0 Å². The Morgan fingerprint density at radius 2 is 2.03 bits per heavy atom. The van der Waals surface area contributed by atoms with Gasteiger partial charge in [-0.05, 0) is 50.5 Å². The normalized spacial score (nSPS) is 14.4. The van der Waals surface area contributed by atoms with Gasteiger partial charge in [-0.1, -0.05) is 19.3 Å². The van der Waals surface area contributed by atoms with Crippen LogP contribution in [0.2, 0.25) is 0 Å². The lowest BCUT2D eigenvalue weighted by atomic mass is 9.94. The number of amides is 2. The van der Waals surface area contributed by atoms with Crippen LogP contribution in [0.4, 0.5) is 5.00 Å². The maximum absolute atomic E-state index is 12.6. The van der Waals surface area contributed by atoms with Crippen LogP contribution in [0.25, 0.3) is 0 Å². The van der Waals surface area contributed by atoms with Gasteiger partial charge in [0.05, 0.1) is 11.3 Å². The van der Waals surface area contributed by atoms with Crippen molar-refractivity contribution in [3.63, 3.8) is 0 Å². The number of anilines is 1. The molecule has 29 heavy (non-hydrogen) atoms. The Balaban J connectivity index is 1.56. The quantitative estimate of drug-likeness (QED) is 0.680. The highest BCUT2D eigenvalue weighted by Crippen LogP contribution is 2.28. The summed E-state index contributed by atoms with van der Waals surface area (Å²) in [6, 6.07) is 5.13. The van der Waals surface area contributed by atoms with Gasteiger partial charge < -0.3 is 19.4 Å². The van der Waals surface area contributed by atoms with Crippen molar-refractivity contribution in [3.8, 4) is 0 Å². The maximum Gasteiger partial charge on any atom is 0.349 e. The molecule has 2 amide bonds. The number of hydrogen-bond acceptors (Lipinski definition) is 6. The highest BCUT2D eigenvalue weighted by Gasteiger charge is 2.25. The number of likely N-dealkylation sites (N-methyl/N-ethyl adjacent to an activating group) is 1. The molecule has 0 bridgehead atoms. The minimum atomic E-state index is -0.556. The van der Waals surface area contributed by atoms with E-state index < -0.39 is 11.9 Å². The highest BCUT2D eigenvalue weighted by molar-refractivity contribution is 7.18. The van der Waals surface area contributed by atoms with Gasteiger partial charge in [0, 0.05) is 12.6 Å². The molecule has 0 radical (unpaired) electrons. The molecule has 0 aliphatic heterocycles. The number of carbonyl (C=O) groups excluding carboxylic acids is 3.